The van der Waals surface area contributed by atoms with E-state index in [1.54, 1.807) is 0 Å². The van der Waals surface area contributed by atoms with Crippen molar-refractivity contribution >= 4 is 0 Å². The molecule has 0 aromatic rings. The van der Waals surface area contributed by atoms with Crippen LogP contribution in [0.5, 0.6) is 0 Å². The van der Waals surface area contributed by atoms with Crippen molar-refractivity contribution in [2.24, 2.45) is 16.7 Å². The fourth-order valence-electron chi connectivity index (χ4n) is 6.42. The van der Waals surface area contributed by atoms with Crippen LogP contribution in [0.3, 0.4) is 0 Å². The summed E-state index contributed by atoms with van der Waals surface area (Å²) in [5.41, 5.74) is 1.88. The lowest BCUT2D eigenvalue weighted by Gasteiger charge is -2.68. The first kappa shape index (κ1) is 13.0. The lowest BCUT2D eigenvalue weighted by molar-refractivity contribution is -0.169. The number of hydrogen-bond acceptors (Lipinski definition) is 1. The average Bonchev–Trinajstić information content (AvgIpc) is 2.24. The summed E-state index contributed by atoms with van der Waals surface area (Å²) < 4.78 is 0. The molecular formula is C17H31N. The van der Waals surface area contributed by atoms with E-state index in [-0.39, 0.29) is 0 Å². The van der Waals surface area contributed by atoms with E-state index in [2.05, 4.69) is 39.6 Å². The molecule has 0 aromatic carbocycles. The molecule has 4 bridgehead atoms. The molecule has 1 heteroatoms. The molecule has 0 radical (unpaired) electrons. The molecule has 4 aliphatic carbocycles. The second-order valence-electron chi connectivity index (χ2n) is 8.60. The van der Waals surface area contributed by atoms with Gasteiger partial charge in [0, 0.05) is 11.6 Å². The van der Waals surface area contributed by atoms with Crippen LogP contribution >= 0.6 is 0 Å². The summed E-state index contributed by atoms with van der Waals surface area (Å²) in [7, 11) is 2.39. The molecule has 1 nitrogen and oxygen atoms in total. The second-order valence-corrected chi connectivity index (χ2v) is 8.60. The Morgan fingerprint density at radius 2 is 1.83 bits per heavy atom. The Bertz CT molecular complexity index is 350. The molecule has 4 aliphatic rings. The Hall–Kier alpha value is -0.0400. The Labute approximate surface area is 113 Å². The second kappa shape index (κ2) is 3.75. The fourth-order valence-corrected chi connectivity index (χ4v) is 6.42. The minimum absolute atomic E-state index is 0.540. The van der Waals surface area contributed by atoms with Gasteiger partial charge in [-0.1, -0.05) is 20.3 Å². The molecule has 4 atom stereocenters. The van der Waals surface area contributed by atoms with Gasteiger partial charge in [-0.2, -0.15) is 0 Å². The van der Waals surface area contributed by atoms with E-state index in [4.69, 9.17) is 0 Å². The molecule has 0 aliphatic heterocycles. The number of rotatable bonds is 3. The molecule has 0 saturated heterocycles. The molecule has 4 fully saturated rings. The fraction of sp³-hybridized carbons (Fsp3) is 1.00. The van der Waals surface area contributed by atoms with Gasteiger partial charge in [0.25, 0.3) is 0 Å². The monoisotopic (exact) mass is 249 g/mol. The average molecular weight is 249 g/mol. The highest BCUT2D eigenvalue weighted by Gasteiger charge is 2.62. The highest BCUT2D eigenvalue weighted by molar-refractivity contribution is 5.15. The Balaban J connectivity index is 1.98. The maximum absolute atomic E-state index is 2.74. The van der Waals surface area contributed by atoms with Crippen molar-refractivity contribution in [1.82, 2.24) is 4.90 Å². The van der Waals surface area contributed by atoms with Crippen molar-refractivity contribution in [3.05, 3.63) is 0 Å². The van der Waals surface area contributed by atoms with Crippen LogP contribution in [-0.2, 0) is 0 Å². The summed E-state index contributed by atoms with van der Waals surface area (Å²) >= 11 is 0. The van der Waals surface area contributed by atoms with Crippen molar-refractivity contribution in [1.29, 1.82) is 0 Å². The molecular weight excluding hydrogens is 218 g/mol. The van der Waals surface area contributed by atoms with Crippen LogP contribution in [-0.4, -0.2) is 23.5 Å². The highest BCUT2D eigenvalue weighted by atomic mass is 15.2. The van der Waals surface area contributed by atoms with Gasteiger partial charge >= 0.3 is 0 Å². The largest absolute Gasteiger partial charge is 0.298 e. The van der Waals surface area contributed by atoms with Crippen LogP contribution < -0.4 is 0 Å². The smallest absolute Gasteiger partial charge is 0.0222 e. The van der Waals surface area contributed by atoms with Crippen LogP contribution in [0.4, 0.5) is 0 Å². The van der Waals surface area contributed by atoms with Crippen molar-refractivity contribution in [3.8, 4) is 0 Å². The van der Waals surface area contributed by atoms with Gasteiger partial charge in [0.2, 0.25) is 0 Å². The van der Waals surface area contributed by atoms with Crippen LogP contribution in [0, 0.1) is 16.7 Å². The van der Waals surface area contributed by atoms with Crippen molar-refractivity contribution in [3.63, 3.8) is 0 Å². The van der Waals surface area contributed by atoms with Crippen molar-refractivity contribution in [2.45, 2.75) is 84.2 Å². The predicted molar refractivity (Wildman–Crippen MR) is 77.7 cm³/mol. The van der Waals surface area contributed by atoms with E-state index >= 15 is 0 Å². The first-order chi connectivity index (χ1) is 8.32. The highest BCUT2D eigenvalue weighted by Crippen LogP contribution is 2.68. The van der Waals surface area contributed by atoms with Crippen LogP contribution in [0.25, 0.3) is 0 Å². The summed E-state index contributed by atoms with van der Waals surface area (Å²) in [5, 5.41) is 0. The van der Waals surface area contributed by atoms with Crippen LogP contribution in [0.15, 0.2) is 0 Å². The van der Waals surface area contributed by atoms with E-state index in [0.29, 0.717) is 22.4 Å². The Morgan fingerprint density at radius 3 is 2.39 bits per heavy atom. The molecule has 0 spiro atoms. The normalized spacial score (nSPS) is 50.5. The maximum Gasteiger partial charge on any atom is 0.0222 e. The maximum atomic E-state index is 2.74. The first-order valence-corrected chi connectivity index (χ1v) is 8.05. The molecule has 104 valence electrons. The Morgan fingerprint density at radius 1 is 1.11 bits per heavy atom. The number of nitrogens with zero attached hydrogens (tertiary/aromatic N) is 1. The molecule has 4 saturated carbocycles. The Kier molecular flexibility index (Phi) is 2.70. The zero-order valence-corrected chi connectivity index (χ0v) is 13.1. The molecule has 0 N–H and O–H groups in total. The molecule has 4 rings (SSSR count). The van der Waals surface area contributed by atoms with Gasteiger partial charge in [-0.05, 0) is 76.2 Å². The van der Waals surface area contributed by atoms with Gasteiger partial charge in [-0.25, -0.2) is 0 Å². The summed E-state index contributed by atoms with van der Waals surface area (Å²) in [6.45, 7) is 9.78. The third-order valence-corrected chi connectivity index (χ3v) is 6.71. The van der Waals surface area contributed by atoms with E-state index in [1.165, 1.54) is 44.9 Å². The van der Waals surface area contributed by atoms with Crippen LogP contribution in [0.2, 0.25) is 0 Å². The third-order valence-electron chi connectivity index (χ3n) is 6.71. The van der Waals surface area contributed by atoms with Gasteiger partial charge in [-0.3, -0.25) is 4.90 Å². The van der Waals surface area contributed by atoms with Gasteiger partial charge in [-0.15, -0.1) is 0 Å². The van der Waals surface area contributed by atoms with Crippen molar-refractivity contribution in [2.75, 3.05) is 7.05 Å². The minimum atomic E-state index is 0.540. The molecule has 0 amide bonds. The lowest BCUT2D eigenvalue weighted by atomic mass is 9.41. The van der Waals surface area contributed by atoms with E-state index in [0.717, 1.165) is 5.92 Å². The first-order valence-electron chi connectivity index (χ1n) is 8.05. The summed E-state index contributed by atoms with van der Waals surface area (Å²) in [6.07, 6.45) is 10.4. The quantitative estimate of drug-likeness (QED) is 0.713. The van der Waals surface area contributed by atoms with Gasteiger partial charge in [0.05, 0.1) is 0 Å². The zero-order chi connectivity index (χ0) is 13.2. The minimum Gasteiger partial charge on any atom is -0.298 e. The standard InChI is InChI=1S/C17H31N/c1-6-16-8-14-7-15(4,10-16)11-17(9-14,12-16)18(5)13(2)3/h13-14H,6-12H2,1-5H3. The van der Waals surface area contributed by atoms with Gasteiger partial charge in [0.1, 0.15) is 0 Å². The molecule has 0 aromatic heterocycles. The molecule has 18 heavy (non-hydrogen) atoms. The van der Waals surface area contributed by atoms with Gasteiger partial charge < -0.3 is 0 Å². The summed E-state index contributed by atoms with van der Waals surface area (Å²) in [5.74, 6) is 1.02. The predicted octanol–water partition coefficient (Wildman–Crippen LogP) is 4.47. The van der Waals surface area contributed by atoms with E-state index < -0.39 is 0 Å². The zero-order valence-electron chi connectivity index (χ0n) is 13.1. The van der Waals surface area contributed by atoms with E-state index in [1.807, 2.05) is 0 Å². The summed E-state index contributed by atoms with van der Waals surface area (Å²) in [4.78, 5) is 2.74. The van der Waals surface area contributed by atoms with Gasteiger partial charge in [0.15, 0.2) is 0 Å². The number of hydrogen-bond donors (Lipinski definition) is 0. The topological polar surface area (TPSA) is 3.24 Å². The third kappa shape index (κ3) is 1.69. The van der Waals surface area contributed by atoms with Crippen LogP contribution in [0.1, 0.15) is 72.6 Å². The van der Waals surface area contributed by atoms with Crippen molar-refractivity contribution < 1.29 is 0 Å². The van der Waals surface area contributed by atoms with E-state index in [9.17, 15) is 0 Å². The molecule has 4 unspecified atom stereocenters. The summed E-state index contributed by atoms with van der Waals surface area (Å²) in [6, 6.07) is 0.693. The SMILES string of the molecule is CCC12CC3CC(C)(C1)CC(N(C)C(C)C)(C3)C2. The lowest BCUT2D eigenvalue weighted by Crippen LogP contribution is -2.65. The molecule has 0 heterocycles.